The first-order valence-corrected chi connectivity index (χ1v) is 9.54. The number of anilines is 2. The molecule has 0 spiro atoms. The summed E-state index contributed by atoms with van der Waals surface area (Å²) in [6, 6.07) is 10.9. The van der Waals surface area contributed by atoms with Crippen LogP contribution in [0, 0.1) is 5.92 Å². The van der Waals surface area contributed by atoms with Crippen LogP contribution < -0.4 is 10.2 Å². The Balaban J connectivity index is 1.95. The molecule has 4 rings (SSSR count). The molecule has 1 aliphatic carbocycles. The molecule has 140 valence electrons. The van der Waals surface area contributed by atoms with Crippen LogP contribution >= 0.6 is 0 Å². The summed E-state index contributed by atoms with van der Waals surface area (Å²) in [7, 11) is 0. The molecule has 1 amide bonds. The van der Waals surface area contributed by atoms with Gasteiger partial charge in [0.1, 0.15) is 11.8 Å². The maximum atomic E-state index is 13.3. The molecular weight excluding hydrogens is 340 g/mol. The summed E-state index contributed by atoms with van der Waals surface area (Å²) in [4.78, 5) is 28.0. The Morgan fingerprint density at radius 3 is 2.78 bits per heavy atom. The summed E-state index contributed by atoms with van der Waals surface area (Å²) in [5.74, 6) is 0.912. The first-order chi connectivity index (χ1) is 13.1. The minimum atomic E-state index is -0.537. The lowest BCUT2D eigenvalue weighted by Crippen LogP contribution is -2.38. The lowest BCUT2D eigenvalue weighted by Gasteiger charge is -2.32. The molecule has 27 heavy (non-hydrogen) atoms. The number of Topliss-reactive ketones (excluding diaryl/α,β-unsaturated/α-hetero) is 1. The summed E-state index contributed by atoms with van der Waals surface area (Å²) in [5, 5.41) is 3.45. The fourth-order valence-electron chi connectivity index (χ4n) is 3.97. The quantitative estimate of drug-likeness (QED) is 0.847. The van der Waals surface area contributed by atoms with E-state index in [2.05, 4.69) is 5.32 Å². The number of nitrogens with zero attached hydrogens (tertiary/aromatic N) is 1. The summed E-state index contributed by atoms with van der Waals surface area (Å²) in [6.45, 7) is 4.05. The van der Waals surface area contributed by atoms with Gasteiger partial charge in [-0.25, -0.2) is 0 Å². The highest BCUT2D eigenvalue weighted by Gasteiger charge is 2.40. The van der Waals surface area contributed by atoms with Gasteiger partial charge < -0.3 is 9.73 Å². The third-order valence-corrected chi connectivity index (χ3v) is 5.10. The molecular formula is C22H24N2O3. The van der Waals surface area contributed by atoms with Crippen molar-refractivity contribution in [3.8, 4) is 0 Å². The highest BCUT2D eigenvalue weighted by atomic mass is 16.3. The lowest BCUT2D eigenvalue weighted by atomic mass is 9.88. The smallest absolute Gasteiger partial charge is 0.228 e. The number of nitrogens with one attached hydrogen (secondary N) is 1. The Morgan fingerprint density at radius 1 is 1.22 bits per heavy atom. The van der Waals surface area contributed by atoms with Crippen molar-refractivity contribution in [2.75, 3.05) is 10.2 Å². The van der Waals surface area contributed by atoms with Gasteiger partial charge in [0.2, 0.25) is 5.91 Å². The van der Waals surface area contributed by atoms with E-state index in [0.29, 0.717) is 24.2 Å². The van der Waals surface area contributed by atoms with Gasteiger partial charge in [0.25, 0.3) is 0 Å². The third-order valence-electron chi connectivity index (χ3n) is 5.10. The molecule has 1 atom stereocenters. The summed E-state index contributed by atoms with van der Waals surface area (Å²) >= 11 is 0. The zero-order valence-corrected chi connectivity index (χ0v) is 15.7. The molecule has 0 unspecified atom stereocenters. The zero-order chi connectivity index (χ0) is 19.0. The molecule has 1 aromatic heterocycles. The van der Waals surface area contributed by atoms with Crippen LogP contribution in [0.5, 0.6) is 0 Å². The number of rotatable bonds is 3. The van der Waals surface area contributed by atoms with Crippen LogP contribution in [0.3, 0.4) is 0 Å². The van der Waals surface area contributed by atoms with Gasteiger partial charge in [0.05, 0.1) is 17.6 Å². The second kappa shape index (κ2) is 7.06. The van der Waals surface area contributed by atoms with Crippen LogP contribution in [0.2, 0.25) is 0 Å². The van der Waals surface area contributed by atoms with Crippen LogP contribution in [0.4, 0.5) is 11.4 Å². The number of fused-ring (bicyclic) bond motifs is 1. The van der Waals surface area contributed by atoms with Gasteiger partial charge in [-0.3, -0.25) is 14.5 Å². The Kier molecular flexibility index (Phi) is 4.60. The monoisotopic (exact) mass is 364 g/mol. The lowest BCUT2D eigenvalue weighted by molar-refractivity contribution is -0.119. The van der Waals surface area contributed by atoms with E-state index >= 15 is 0 Å². The van der Waals surface area contributed by atoms with Crippen LogP contribution in [-0.2, 0) is 9.59 Å². The average molecular weight is 364 g/mol. The van der Waals surface area contributed by atoms with E-state index < -0.39 is 6.04 Å². The van der Waals surface area contributed by atoms with Crippen LogP contribution in [0.15, 0.2) is 58.3 Å². The van der Waals surface area contributed by atoms with Crippen molar-refractivity contribution < 1.29 is 14.0 Å². The van der Waals surface area contributed by atoms with E-state index in [1.54, 1.807) is 17.2 Å². The molecule has 2 heterocycles. The average Bonchev–Trinajstić information content (AvgIpc) is 3.10. The van der Waals surface area contributed by atoms with Crippen LogP contribution in [0.1, 0.15) is 51.3 Å². The van der Waals surface area contributed by atoms with Crippen molar-refractivity contribution in [2.24, 2.45) is 5.92 Å². The van der Waals surface area contributed by atoms with Crippen LogP contribution in [0.25, 0.3) is 0 Å². The molecule has 2 aliphatic rings. The number of allylic oxidation sites excluding steroid dienone is 1. The summed E-state index contributed by atoms with van der Waals surface area (Å²) < 4.78 is 5.72. The van der Waals surface area contributed by atoms with Gasteiger partial charge >= 0.3 is 0 Å². The highest BCUT2D eigenvalue weighted by molar-refractivity contribution is 6.05. The standard InChI is InChI=1S/C22H24N2O3/c1-14(2)13-20(26)24-17-9-4-3-7-15(17)23-16-8-5-10-18(25)21(16)22(24)19-11-6-12-27-19/h3-4,6-7,9,11-12,14,22-23H,5,8,10,13H2,1-2H3/t22-/m0/s1. The van der Waals surface area contributed by atoms with Crippen LogP contribution in [-0.4, -0.2) is 11.7 Å². The van der Waals surface area contributed by atoms with Gasteiger partial charge in [-0.1, -0.05) is 26.0 Å². The van der Waals surface area contributed by atoms with E-state index in [9.17, 15) is 9.59 Å². The molecule has 0 saturated carbocycles. The number of carbonyl (C=O) groups excluding carboxylic acids is 2. The molecule has 1 aliphatic heterocycles. The van der Waals surface area contributed by atoms with Crippen molar-refractivity contribution in [1.29, 1.82) is 0 Å². The number of carbonyl (C=O) groups is 2. The van der Waals surface area contributed by atoms with Gasteiger partial charge in [-0.05, 0) is 43.0 Å². The Labute approximate surface area is 159 Å². The number of para-hydroxylation sites is 2. The molecule has 0 bridgehead atoms. The van der Waals surface area contributed by atoms with Gasteiger partial charge in [-0.2, -0.15) is 0 Å². The van der Waals surface area contributed by atoms with Crippen molar-refractivity contribution >= 4 is 23.1 Å². The van der Waals surface area contributed by atoms with Crippen molar-refractivity contribution in [3.63, 3.8) is 0 Å². The van der Waals surface area contributed by atoms with Gasteiger partial charge in [-0.15, -0.1) is 0 Å². The fourth-order valence-corrected chi connectivity index (χ4v) is 3.97. The number of hydrogen-bond donors (Lipinski definition) is 1. The first kappa shape index (κ1) is 17.6. The Hall–Kier alpha value is -2.82. The molecule has 5 heteroatoms. The molecule has 2 aromatic rings. The molecule has 0 fully saturated rings. The molecule has 1 aromatic carbocycles. The van der Waals surface area contributed by atoms with Crippen molar-refractivity contribution in [1.82, 2.24) is 0 Å². The number of benzene rings is 1. The Morgan fingerprint density at radius 2 is 2.04 bits per heavy atom. The molecule has 0 radical (unpaired) electrons. The van der Waals surface area contributed by atoms with Gasteiger partial charge in [0.15, 0.2) is 5.78 Å². The predicted octanol–water partition coefficient (Wildman–Crippen LogP) is 4.83. The summed E-state index contributed by atoms with van der Waals surface area (Å²) in [5.41, 5.74) is 3.20. The maximum Gasteiger partial charge on any atom is 0.228 e. The minimum absolute atomic E-state index is 0.00669. The topological polar surface area (TPSA) is 62.6 Å². The zero-order valence-electron chi connectivity index (χ0n) is 15.7. The van der Waals surface area contributed by atoms with Gasteiger partial charge in [0, 0.05) is 24.1 Å². The number of furan rings is 1. The largest absolute Gasteiger partial charge is 0.467 e. The SMILES string of the molecule is CC(C)CC(=O)N1c2ccccc2NC2=C(C(=O)CCC2)[C@@H]1c1ccco1. The van der Waals surface area contributed by atoms with E-state index in [1.165, 1.54) is 0 Å². The highest BCUT2D eigenvalue weighted by Crippen LogP contribution is 2.45. The third kappa shape index (κ3) is 3.18. The normalized spacial score (nSPS) is 19.4. The first-order valence-electron chi connectivity index (χ1n) is 9.54. The second-order valence-corrected chi connectivity index (χ2v) is 7.59. The minimum Gasteiger partial charge on any atom is -0.467 e. The number of ketones is 1. The molecule has 0 saturated heterocycles. The second-order valence-electron chi connectivity index (χ2n) is 7.59. The van der Waals surface area contributed by atoms with E-state index in [1.807, 2.05) is 44.2 Å². The number of amides is 1. The predicted molar refractivity (Wildman–Crippen MR) is 104 cm³/mol. The van der Waals surface area contributed by atoms with E-state index in [0.717, 1.165) is 29.9 Å². The summed E-state index contributed by atoms with van der Waals surface area (Å²) in [6.07, 6.45) is 4.11. The Bertz CT molecular complexity index is 896. The molecule has 1 N–H and O–H groups in total. The van der Waals surface area contributed by atoms with E-state index in [-0.39, 0.29) is 17.6 Å². The van der Waals surface area contributed by atoms with Crippen molar-refractivity contribution in [3.05, 3.63) is 59.7 Å². The molecule has 5 nitrogen and oxygen atoms in total. The fraction of sp³-hybridized carbons (Fsp3) is 0.364. The maximum absolute atomic E-state index is 13.3. The van der Waals surface area contributed by atoms with E-state index in [4.69, 9.17) is 4.42 Å². The number of hydrogen-bond acceptors (Lipinski definition) is 4. The van der Waals surface area contributed by atoms with Crippen molar-refractivity contribution in [2.45, 2.75) is 45.6 Å².